The molecule has 0 aliphatic carbocycles. The number of nitrogens with zero attached hydrogens (tertiary/aromatic N) is 2. The molecule has 0 atom stereocenters. The van der Waals surface area contributed by atoms with Crippen molar-refractivity contribution in [3.05, 3.63) is 50.4 Å². The fraction of sp³-hybridized carbons (Fsp3) is 0.182. The molecule has 2 aromatic rings. The van der Waals surface area contributed by atoms with Gasteiger partial charge in [0.15, 0.2) is 0 Å². The van der Waals surface area contributed by atoms with Crippen LogP contribution in [0.25, 0.3) is 5.69 Å². The van der Waals surface area contributed by atoms with Gasteiger partial charge in [0.05, 0.1) is 15.7 Å². The molecule has 1 heterocycles. The number of rotatable bonds is 1. The van der Waals surface area contributed by atoms with E-state index in [1.165, 1.54) is 4.68 Å². The van der Waals surface area contributed by atoms with Gasteiger partial charge in [-0.15, -0.1) is 0 Å². The molecule has 0 amide bonds. The van der Waals surface area contributed by atoms with E-state index in [9.17, 15) is 4.79 Å². The van der Waals surface area contributed by atoms with E-state index in [0.717, 1.165) is 5.69 Å². The van der Waals surface area contributed by atoms with Crippen molar-refractivity contribution in [3.8, 4) is 5.69 Å². The maximum absolute atomic E-state index is 11.7. The number of hydrogen-bond donors (Lipinski definition) is 0. The molecule has 3 nitrogen and oxygen atoms in total. The van der Waals surface area contributed by atoms with E-state index in [1.54, 1.807) is 28.9 Å². The zero-order chi connectivity index (χ0) is 11.9. The first-order chi connectivity index (χ1) is 7.50. The third-order valence-corrected chi connectivity index (χ3v) is 3.24. The van der Waals surface area contributed by atoms with Crippen molar-refractivity contribution in [1.82, 2.24) is 9.36 Å². The Morgan fingerprint density at radius 3 is 2.31 bits per heavy atom. The van der Waals surface area contributed by atoms with Crippen molar-refractivity contribution in [2.75, 3.05) is 0 Å². The summed E-state index contributed by atoms with van der Waals surface area (Å²) in [5.41, 5.74) is 1.50. The standard InChI is InChI=1S/C11H10Cl2N2O/c1-7-5-11(16)15(14(7)2)8-3-4-9(12)10(13)6-8/h3-6H,1-2H3. The summed E-state index contributed by atoms with van der Waals surface area (Å²) in [6.45, 7) is 1.87. The van der Waals surface area contributed by atoms with Gasteiger partial charge in [-0.1, -0.05) is 23.2 Å². The third kappa shape index (κ3) is 1.77. The molecule has 1 aromatic heterocycles. The van der Waals surface area contributed by atoms with E-state index in [4.69, 9.17) is 23.2 Å². The second-order valence-electron chi connectivity index (χ2n) is 3.56. The molecule has 0 aliphatic heterocycles. The lowest BCUT2D eigenvalue weighted by atomic mass is 10.3. The number of benzene rings is 1. The van der Waals surface area contributed by atoms with Crippen LogP contribution >= 0.6 is 23.2 Å². The van der Waals surface area contributed by atoms with E-state index >= 15 is 0 Å². The van der Waals surface area contributed by atoms with Crippen molar-refractivity contribution in [1.29, 1.82) is 0 Å². The fourth-order valence-corrected chi connectivity index (χ4v) is 1.85. The minimum absolute atomic E-state index is 0.0848. The van der Waals surface area contributed by atoms with Gasteiger partial charge in [-0.3, -0.25) is 9.48 Å². The van der Waals surface area contributed by atoms with Crippen LogP contribution in [0.3, 0.4) is 0 Å². The first-order valence-electron chi connectivity index (χ1n) is 4.72. The lowest BCUT2D eigenvalue weighted by Gasteiger charge is -2.09. The predicted molar refractivity (Wildman–Crippen MR) is 65.8 cm³/mol. The Kier molecular flexibility index (Phi) is 2.82. The molecule has 0 fully saturated rings. The summed E-state index contributed by atoms with van der Waals surface area (Å²) in [7, 11) is 1.82. The Balaban J connectivity index is 2.68. The van der Waals surface area contributed by atoms with Gasteiger partial charge in [-0.2, -0.15) is 0 Å². The monoisotopic (exact) mass is 256 g/mol. The lowest BCUT2D eigenvalue weighted by molar-refractivity contribution is 0.630. The lowest BCUT2D eigenvalue weighted by Crippen LogP contribution is -2.19. The zero-order valence-electron chi connectivity index (χ0n) is 8.87. The molecule has 0 spiro atoms. The third-order valence-electron chi connectivity index (χ3n) is 2.50. The number of hydrogen-bond acceptors (Lipinski definition) is 1. The van der Waals surface area contributed by atoms with Crippen LogP contribution in [-0.2, 0) is 7.05 Å². The summed E-state index contributed by atoms with van der Waals surface area (Å²) in [5, 5.41) is 0.911. The Morgan fingerprint density at radius 2 is 1.81 bits per heavy atom. The van der Waals surface area contributed by atoms with Gasteiger partial charge in [0.25, 0.3) is 5.56 Å². The number of aromatic nitrogens is 2. The van der Waals surface area contributed by atoms with Gasteiger partial charge in [-0.05, 0) is 25.1 Å². The Bertz CT molecular complexity index is 599. The van der Waals surface area contributed by atoms with Crippen LogP contribution < -0.4 is 5.56 Å². The van der Waals surface area contributed by atoms with Gasteiger partial charge < -0.3 is 0 Å². The van der Waals surface area contributed by atoms with Gasteiger partial charge in [0, 0.05) is 18.8 Å². The molecule has 0 saturated heterocycles. The largest absolute Gasteiger partial charge is 0.285 e. The predicted octanol–water partition coefficient (Wildman–Crippen LogP) is 2.79. The molecule has 84 valence electrons. The average Bonchev–Trinajstić information content (AvgIpc) is 2.47. The summed E-state index contributed by atoms with van der Waals surface area (Å²) >= 11 is 11.7. The van der Waals surface area contributed by atoms with Crippen molar-refractivity contribution >= 4 is 23.2 Å². The molecule has 0 N–H and O–H groups in total. The van der Waals surface area contributed by atoms with E-state index in [-0.39, 0.29) is 5.56 Å². The number of halogens is 2. The highest BCUT2D eigenvalue weighted by Gasteiger charge is 2.08. The molecule has 0 radical (unpaired) electrons. The highest BCUT2D eigenvalue weighted by Crippen LogP contribution is 2.23. The summed E-state index contributed by atoms with van der Waals surface area (Å²) in [5.74, 6) is 0. The van der Waals surface area contributed by atoms with E-state index in [0.29, 0.717) is 15.7 Å². The molecular formula is C11H10Cl2N2O. The maximum Gasteiger partial charge on any atom is 0.271 e. The second-order valence-corrected chi connectivity index (χ2v) is 4.37. The normalized spacial score (nSPS) is 10.8. The van der Waals surface area contributed by atoms with E-state index < -0.39 is 0 Å². The zero-order valence-corrected chi connectivity index (χ0v) is 10.4. The molecule has 2 rings (SSSR count). The van der Waals surface area contributed by atoms with Crippen molar-refractivity contribution in [2.24, 2.45) is 7.05 Å². The van der Waals surface area contributed by atoms with Crippen LogP contribution in [0.1, 0.15) is 5.69 Å². The summed E-state index contributed by atoms with van der Waals surface area (Å²) in [6.07, 6.45) is 0. The Labute approximate surface area is 103 Å². The van der Waals surface area contributed by atoms with Gasteiger partial charge in [0.1, 0.15) is 0 Å². The molecule has 0 saturated carbocycles. The summed E-state index contributed by atoms with van der Waals surface area (Å²) < 4.78 is 3.31. The fourth-order valence-electron chi connectivity index (χ4n) is 1.56. The van der Waals surface area contributed by atoms with Crippen molar-refractivity contribution in [2.45, 2.75) is 6.92 Å². The minimum atomic E-state index is -0.0848. The van der Waals surface area contributed by atoms with Gasteiger partial charge in [-0.25, -0.2) is 4.68 Å². The average molecular weight is 257 g/mol. The van der Waals surface area contributed by atoms with Crippen LogP contribution in [0.2, 0.25) is 10.0 Å². The second kappa shape index (κ2) is 4.00. The van der Waals surface area contributed by atoms with Crippen molar-refractivity contribution in [3.63, 3.8) is 0 Å². The van der Waals surface area contributed by atoms with Crippen LogP contribution in [0.15, 0.2) is 29.1 Å². The molecule has 0 unspecified atom stereocenters. The summed E-state index contributed by atoms with van der Waals surface area (Å²) in [6, 6.07) is 6.68. The van der Waals surface area contributed by atoms with Crippen molar-refractivity contribution < 1.29 is 0 Å². The van der Waals surface area contributed by atoms with E-state index in [2.05, 4.69) is 0 Å². The van der Waals surface area contributed by atoms with Crippen LogP contribution in [0, 0.1) is 6.92 Å². The number of aryl methyl sites for hydroxylation is 1. The molecule has 0 aliphatic rings. The topological polar surface area (TPSA) is 26.9 Å². The van der Waals surface area contributed by atoms with E-state index in [1.807, 2.05) is 14.0 Å². The highest BCUT2D eigenvalue weighted by atomic mass is 35.5. The first-order valence-corrected chi connectivity index (χ1v) is 5.47. The van der Waals surface area contributed by atoms with Crippen LogP contribution in [-0.4, -0.2) is 9.36 Å². The van der Waals surface area contributed by atoms with Gasteiger partial charge in [0.2, 0.25) is 0 Å². The maximum atomic E-state index is 11.7. The molecular weight excluding hydrogens is 247 g/mol. The molecule has 1 aromatic carbocycles. The summed E-state index contributed by atoms with van der Waals surface area (Å²) in [4.78, 5) is 11.7. The van der Waals surface area contributed by atoms with Gasteiger partial charge >= 0.3 is 0 Å². The Hall–Kier alpha value is -1.19. The molecule has 16 heavy (non-hydrogen) atoms. The SMILES string of the molecule is Cc1cc(=O)n(-c2ccc(Cl)c(Cl)c2)n1C. The first kappa shape index (κ1) is 11.3. The minimum Gasteiger partial charge on any atom is -0.285 e. The highest BCUT2D eigenvalue weighted by molar-refractivity contribution is 6.42. The molecule has 0 bridgehead atoms. The van der Waals surface area contributed by atoms with Crippen LogP contribution in [0.4, 0.5) is 0 Å². The smallest absolute Gasteiger partial charge is 0.271 e. The molecule has 5 heteroatoms. The van der Waals surface area contributed by atoms with Crippen LogP contribution in [0.5, 0.6) is 0 Å². The quantitative estimate of drug-likeness (QED) is 0.771. The Morgan fingerprint density at radius 1 is 1.12 bits per heavy atom.